The van der Waals surface area contributed by atoms with E-state index in [1.54, 1.807) is 70.2 Å². The summed E-state index contributed by atoms with van der Waals surface area (Å²) >= 11 is 0. The summed E-state index contributed by atoms with van der Waals surface area (Å²) in [5, 5.41) is 14.1. The van der Waals surface area contributed by atoms with Crippen LogP contribution in [0.5, 0.6) is 17.2 Å². The average Bonchev–Trinajstić information content (AvgIpc) is 1.63. The predicted molar refractivity (Wildman–Crippen MR) is 410 cm³/mol. The summed E-state index contributed by atoms with van der Waals surface area (Å²) in [5.41, 5.74) is 1.64. The van der Waals surface area contributed by atoms with Crippen LogP contribution >= 0.6 is 0 Å². The third-order valence-electron chi connectivity index (χ3n) is 18.8. The van der Waals surface area contributed by atoms with Crippen LogP contribution in [0.1, 0.15) is 96.1 Å². The van der Waals surface area contributed by atoms with E-state index in [4.69, 9.17) is 75.7 Å². The van der Waals surface area contributed by atoms with Gasteiger partial charge in [-0.25, -0.2) is 4.98 Å². The standard InChI is InChI=1S/C79H110BN7O22/c1-49(2)68(85-63(89)23-26-96-30-32-98-34-36-100-38-40-102-42-43-103-41-39-101-37-35-99-33-31-97-28-24-82-80)78(94)81-47-64(90)83-57-18-16-56(17-19-57)48-87(10,11)25-29-104-58-20-21-59-61(46-58)107-75-69(84-59)65-66-71(91)70(75)86-77(93)52(5)15-13-14-50(3)44-51(4)45-62-72(106-55(8)88)53(6)60(95-12)22-27-105-79(9)76(92)67(65)74(109-79)54(7)73(66)108-62/h13-22,27,46,49-51,53,60,62,68,72,82H,23-26,28-45,47-48,80H2,1-12H3,(H3-,81,83,84,85,86,89,90,93,94)/p+1/b14-13+,27-22+,52-15-/t50?,51-,53-,60+,62?,68?,72?,79+/m1/s1. The van der Waals surface area contributed by atoms with E-state index in [-0.39, 0.29) is 113 Å². The Hall–Kier alpha value is -8.40. The molecule has 0 saturated carbocycles. The molecule has 5 N–H and O–H groups in total. The van der Waals surface area contributed by atoms with Crippen molar-refractivity contribution in [2.45, 2.75) is 118 Å². The van der Waals surface area contributed by atoms with Crippen molar-refractivity contribution in [1.29, 1.82) is 0 Å². The van der Waals surface area contributed by atoms with Gasteiger partial charge in [-0.05, 0) is 74.8 Å². The smallest absolute Gasteiger partial charge is 0.312 e. The molecule has 5 aliphatic rings. The van der Waals surface area contributed by atoms with Gasteiger partial charge in [0, 0.05) is 73.7 Å². The lowest BCUT2D eigenvalue weighted by atomic mass is 9.85. The van der Waals surface area contributed by atoms with Crippen molar-refractivity contribution >= 4 is 76.6 Å². The minimum Gasteiger partial charge on any atom is -0.488 e. The van der Waals surface area contributed by atoms with Crippen LogP contribution in [0.2, 0.25) is 0 Å². The highest BCUT2D eigenvalue weighted by Crippen LogP contribution is 2.52. The molecule has 8 atom stereocenters. The van der Waals surface area contributed by atoms with E-state index in [1.165, 1.54) is 27.2 Å². The van der Waals surface area contributed by atoms with Crippen molar-refractivity contribution in [2.24, 2.45) is 23.7 Å². The van der Waals surface area contributed by atoms with Crippen molar-refractivity contribution in [1.82, 2.24) is 20.8 Å². The monoisotopic (exact) mass is 1520 g/mol. The number of carbonyl (C=O) groups is 6. The molecule has 29 nitrogen and oxygen atoms in total. The Morgan fingerprint density at radius 1 is 0.761 bits per heavy atom. The van der Waals surface area contributed by atoms with Gasteiger partial charge in [0.2, 0.25) is 23.2 Å². The molecule has 596 valence electrons. The van der Waals surface area contributed by atoms with Gasteiger partial charge < -0.3 is 102 Å². The molecule has 0 fully saturated rings. The number of methoxy groups -OCH3 is 1. The lowest BCUT2D eigenvalue weighted by molar-refractivity contribution is -0.903. The lowest BCUT2D eigenvalue weighted by Crippen LogP contribution is -2.51. The molecule has 0 radical (unpaired) electrons. The van der Waals surface area contributed by atoms with Crippen LogP contribution in [0.4, 0.5) is 11.4 Å². The van der Waals surface area contributed by atoms with E-state index in [9.17, 15) is 24.0 Å². The number of ether oxygens (including phenoxy) is 14. The number of aromatic nitrogens is 1. The third-order valence-corrected chi connectivity index (χ3v) is 18.8. The van der Waals surface area contributed by atoms with Crippen molar-refractivity contribution in [3.05, 3.63) is 106 Å². The van der Waals surface area contributed by atoms with E-state index in [0.717, 1.165) is 12.1 Å². The van der Waals surface area contributed by atoms with Crippen LogP contribution in [0.25, 0.3) is 33.3 Å². The summed E-state index contributed by atoms with van der Waals surface area (Å²) in [7, 11) is 7.50. The normalized spacial score (nSPS) is 20.9. The molecule has 4 aliphatic heterocycles. The molecule has 3 aromatic carbocycles. The fourth-order valence-electron chi connectivity index (χ4n) is 12.9. The number of fused-ring (bicyclic) bond motifs is 8. The van der Waals surface area contributed by atoms with E-state index in [0.29, 0.717) is 145 Å². The number of amides is 4. The molecule has 0 saturated heterocycles. The molecule has 8 rings (SSSR count). The number of nitrogens with zero attached hydrogens (tertiary/aromatic N) is 2. The van der Waals surface area contributed by atoms with E-state index < -0.39 is 71.0 Å². The number of allylic oxidation sites excluding steroid dienone is 3. The topological polar surface area (TPSA) is 335 Å². The molecular weight excluding hydrogens is 1410 g/mol. The van der Waals surface area contributed by atoms with Gasteiger partial charge in [0.15, 0.2) is 19.3 Å². The highest BCUT2D eigenvalue weighted by Gasteiger charge is 2.51. The van der Waals surface area contributed by atoms with Gasteiger partial charge in [-0.1, -0.05) is 65.0 Å². The number of benzene rings is 4. The van der Waals surface area contributed by atoms with Gasteiger partial charge in [0.1, 0.15) is 72.1 Å². The maximum atomic E-state index is 15.8. The zero-order valence-electron chi connectivity index (χ0n) is 65.4. The lowest BCUT2D eigenvalue weighted by Gasteiger charge is -2.36. The van der Waals surface area contributed by atoms with Crippen LogP contribution in [-0.2, 0) is 82.6 Å². The number of carbonyl (C=O) groups excluding carboxylic acids is 6. The van der Waals surface area contributed by atoms with Crippen LogP contribution in [-0.4, -0.2) is 236 Å². The van der Waals surface area contributed by atoms with Crippen molar-refractivity contribution < 1.29 is 104 Å². The molecule has 0 spiro atoms. The number of ketones is 1. The number of likely N-dealkylation sites (N-methyl/N-ethyl adjacent to an activating group) is 1. The number of quaternary nitrogens is 1. The zero-order valence-corrected chi connectivity index (χ0v) is 65.4. The van der Waals surface area contributed by atoms with Gasteiger partial charge in [0.25, 0.3) is 11.7 Å². The molecule has 4 amide bonds. The Morgan fingerprint density at radius 2 is 1.38 bits per heavy atom. The van der Waals surface area contributed by atoms with Crippen LogP contribution in [0.15, 0.2) is 87.8 Å². The SMILES string of the molecule is BNCCOCCOCCOCCOCCOCCOCCOCCOCCC(=O)NC(C(=O)NCC(=O)Nc1ccc(C[N+](C)(C)CCOc2ccc3nc4c5c6c7c(C)c8c5c(=O)c(c-4oc3c2)NC(=O)/C(C)=C\C=C\C(C)C[C@@H](C)CC(O8)C(OC(C)=O)[C@H](C)[C@@H](OC)/C=C/O[C@@](C)(O7)C6=O)cc1)C(C)C. The number of rotatable bonds is 41. The van der Waals surface area contributed by atoms with Crippen molar-refractivity contribution in [2.75, 3.05) is 164 Å². The molecule has 0 aromatic heterocycles. The van der Waals surface area contributed by atoms with Gasteiger partial charge in [0.05, 0.1) is 150 Å². The second-order valence-corrected chi connectivity index (χ2v) is 28.7. The van der Waals surface area contributed by atoms with E-state index in [2.05, 4.69) is 54.4 Å². The van der Waals surface area contributed by atoms with Crippen molar-refractivity contribution in [3.8, 4) is 28.7 Å². The molecule has 30 heteroatoms. The first-order chi connectivity index (χ1) is 52.3. The first kappa shape index (κ1) is 86.2. The number of esters is 1. The number of Topliss-reactive ketones (excluding diaryl/α,β-unsaturated/α-hetero) is 1. The number of nitrogens with one attached hydrogen (secondary N) is 5. The Bertz CT molecular complexity index is 3980. The maximum Gasteiger partial charge on any atom is 0.312 e. The Morgan fingerprint density at radius 3 is 1.97 bits per heavy atom. The molecular formula is C79H111BN7O22+. The fourth-order valence-corrected chi connectivity index (χ4v) is 12.9. The van der Waals surface area contributed by atoms with Gasteiger partial charge in [-0.2, -0.15) is 0 Å². The highest BCUT2D eigenvalue weighted by molar-refractivity contribution is 6.22. The maximum absolute atomic E-state index is 15.8. The summed E-state index contributed by atoms with van der Waals surface area (Å²) in [6.07, 6.45) is 6.93. The second kappa shape index (κ2) is 42.7. The second-order valence-electron chi connectivity index (χ2n) is 28.7. The number of anilines is 2. The van der Waals surface area contributed by atoms with Crippen LogP contribution in [0, 0.1) is 30.6 Å². The minimum atomic E-state index is -1.95. The molecule has 4 unspecified atom stereocenters. The quantitative estimate of drug-likeness (QED) is 0.00660. The van der Waals surface area contributed by atoms with E-state index in [1.807, 2.05) is 39.2 Å². The Kier molecular flexibility index (Phi) is 33.8. The summed E-state index contributed by atoms with van der Waals surface area (Å²) in [5.74, 6) is -5.49. The average molecular weight is 1520 g/mol. The summed E-state index contributed by atoms with van der Waals surface area (Å²) < 4.78 is 89.7. The van der Waals surface area contributed by atoms with Gasteiger partial charge in [-0.15, -0.1) is 0 Å². The summed E-state index contributed by atoms with van der Waals surface area (Å²) in [4.78, 5) is 103. The molecule has 4 heterocycles. The van der Waals surface area contributed by atoms with Crippen LogP contribution in [0.3, 0.4) is 0 Å². The first-order valence-corrected chi connectivity index (χ1v) is 37.5. The zero-order chi connectivity index (χ0) is 78.6. The molecule has 6 bridgehead atoms. The largest absolute Gasteiger partial charge is 0.488 e. The predicted octanol–water partition coefficient (Wildman–Crippen LogP) is 6.94. The molecule has 1 aliphatic carbocycles. The molecule has 3 aromatic rings. The summed E-state index contributed by atoms with van der Waals surface area (Å²) in [6.45, 7) is 24.5. The van der Waals surface area contributed by atoms with Gasteiger partial charge >= 0.3 is 11.8 Å². The van der Waals surface area contributed by atoms with E-state index >= 15 is 9.59 Å². The molecule has 109 heavy (non-hydrogen) atoms. The Balaban J connectivity index is 0.816. The third kappa shape index (κ3) is 25.3. The number of hydrogen-bond acceptors (Lipinski definition) is 24. The minimum absolute atomic E-state index is 0.00883. The Labute approximate surface area is 638 Å². The van der Waals surface area contributed by atoms with Gasteiger partial charge in [-0.3, -0.25) is 33.6 Å². The van der Waals surface area contributed by atoms with Crippen LogP contribution < -0.4 is 46.1 Å². The first-order valence-electron chi connectivity index (χ1n) is 37.5. The highest BCUT2D eigenvalue weighted by atomic mass is 16.7. The summed E-state index contributed by atoms with van der Waals surface area (Å²) in [6, 6.07) is 11.6. The fraction of sp³-hybridized carbons (Fsp3) is 0.570. The van der Waals surface area contributed by atoms with Crippen molar-refractivity contribution in [3.63, 3.8) is 0 Å². The number of hydrogen-bond donors (Lipinski definition) is 5.